The van der Waals surface area contributed by atoms with Crippen molar-refractivity contribution >= 4 is 29.0 Å². The largest absolute Gasteiger partial charge is 0.373 e. The molecular formula is C16H16N2OS. The molecule has 20 heavy (non-hydrogen) atoms. The van der Waals surface area contributed by atoms with E-state index in [0.29, 0.717) is 0 Å². The number of hydrogen-bond donors (Lipinski definition) is 2. The van der Waals surface area contributed by atoms with Crippen LogP contribution in [0.15, 0.2) is 53.4 Å². The Bertz CT molecular complexity index is 617. The minimum absolute atomic E-state index is 0.0134. The molecule has 0 saturated carbocycles. The number of amides is 1. The van der Waals surface area contributed by atoms with E-state index < -0.39 is 0 Å². The van der Waals surface area contributed by atoms with Gasteiger partial charge in [0, 0.05) is 22.7 Å². The zero-order valence-electron chi connectivity index (χ0n) is 11.2. The van der Waals surface area contributed by atoms with Crippen LogP contribution in [0.1, 0.15) is 5.56 Å². The molecule has 3 nitrogen and oxygen atoms in total. The third kappa shape index (κ3) is 2.65. The first-order valence-corrected chi connectivity index (χ1v) is 7.78. The number of benzene rings is 2. The maximum Gasteiger partial charge on any atom is 0.247 e. The highest BCUT2D eigenvalue weighted by molar-refractivity contribution is 7.98. The number of carbonyl (C=O) groups is 1. The van der Waals surface area contributed by atoms with Crippen molar-refractivity contribution in [3.8, 4) is 0 Å². The molecule has 0 unspecified atom stereocenters. The molecule has 4 heteroatoms. The molecular weight excluding hydrogens is 268 g/mol. The number of nitrogens with one attached hydrogen (secondary N) is 2. The van der Waals surface area contributed by atoms with E-state index in [1.54, 1.807) is 11.8 Å². The first-order chi connectivity index (χ1) is 9.76. The molecule has 102 valence electrons. The Kier molecular flexibility index (Phi) is 3.65. The summed E-state index contributed by atoms with van der Waals surface area (Å²) in [5.74, 6) is 0.0134. The van der Waals surface area contributed by atoms with Gasteiger partial charge >= 0.3 is 0 Å². The number of rotatable bonds is 3. The molecule has 0 bridgehead atoms. The summed E-state index contributed by atoms with van der Waals surface area (Å²) in [7, 11) is 0. The van der Waals surface area contributed by atoms with E-state index in [0.717, 1.165) is 22.7 Å². The molecule has 1 heterocycles. The number of para-hydroxylation sites is 1. The Hall–Kier alpha value is -1.94. The number of carbonyl (C=O) groups excluding carboxylic acids is 1. The van der Waals surface area contributed by atoms with E-state index in [4.69, 9.17) is 0 Å². The van der Waals surface area contributed by atoms with Crippen LogP contribution in [0.3, 0.4) is 0 Å². The normalized spacial score (nSPS) is 16.4. The molecule has 1 atom stereocenters. The molecule has 1 amide bonds. The maximum absolute atomic E-state index is 12.3. The summed E-state index contributed by atoms with van der Waals surface area (Å²) in [6, 6.07) is 15.8. The van der Waals surface area contributed by atoms with Gasteiger partial charge < -0.3 is 10.6 Å². The van der Waals surface area contributed by atoms with Crippen LogP contribution < -0.4 is 10.6 Å². The van der Waals surface area contributed by atoms with Crippen LogP contribution >= 0.6 is 11.8 Å². The van der Waals surface area contributed by atoms with Crippen molar-refractivity contribution in [1.82, 2.24) is 0 Å². The van der Waals surface area contributed by atoms with Crippen molar-refractivity contribution in [3.05, 3.63) is 54.1 Å². The monoisotopic (exact) mass is 284 g/mol. The Morgan fingerprint density at radius 1 is 1.25 bits per heavy atom. The van der Waals surface area contributed by atoms with Crippen LogP contribution in [-0.2, 0) is 11.2 Å². The number of fused-ring (bicyclic) bond motifs is 1. The first-order valence-electron chi connectivity index (χ1n) is 6.55. The van der Waals surface area contributed by atoms with Crippen molar-refractivity contribution in [3.63, 3.8) is 0 Å². The van der Waals surface area contributed by atoms with Gasteiger partial charge in [-0.05, 0) is 36.1 Å². The highest BCUT2D eigenvalue weighted by Crippen LogP contribution is 2.26. The highest BCUT2D eigenvalue weighted by atomic mass is 32.2. The van der Waals surface area contributed by atoms with Gasteiger partial charge in [0.2, 0.25) is 5.91 Å². The van der Waals surface area contributed by atoms with Crippen LogP contribution in [0.2, 0.25) is 0 Å². The summed E-state index contributed by atoms with van der Waals surface area (Å²) < 4.78 is 0. The summed E-state index contributed by atoms with van der Waals surface area (Å²) in [4.78, 5) is 13.4. The van der Waals surface area contributed by atoms with E-state index in [1.807, 2.05) is 48.7 Å². The maximum atomic E-state index is 12.3. The Morgan fingerprint density at radius 2 is 2.10 bits per heavy atom. The van der Waals surface area contributed by atoms with E-state index in [9.17, 15) is 4.79 Å². The van der Waals surface area contributed by atoms with Crippen LogP contribution in [0, 0.1) is 0 Å². The molecule has 2 aromatic rings. The lowest BCUT2D eigenvalue weighted by Crippen LogP contribution is -2.32. The molecule has 0 spiro atoms. The van der Waals surface area contributed by atoms with Crippen molar-refractivity contribution < 1.29 is 4.79 Å². The molecule has 2 N–H and O–H groups in total. The van der Waals surface area contributed by atoms with Crippen molar-refractivity contribution in [2.24, 2.45) is 0 Å². The van der Waals surface area contributed by atoms with Crippen molar-refractivity contribution in [1.29, 1.82) is 0 Å². The van der Waals surface area contributed by atoms with E-state index in [1.165, 1.54) is 5.56 Å². The van der Waals surface area contributed by atoms with Gasteiger partial charge in [-0.2, -0.15) is 0 Å². The topological polar surface area (TPSA) is 41.1 Å². The average molecular weight is 284 g/mol. The summed E-state index contributed by atoms with van der Waals surface area (Å²) in [5.41, 5.74) is 3.11. The zero-order chi connectivity index (χ0) is 13.9. The summed E-state index contributed by atoms with van der Waals surface area (Å²) in [6.45, 7) is 0. The first kappa shape index (κ1) is 13.1. The minimum Gasteiger partial charge on any atom is -0.373 e. The molecule has 3 rings (SSSR count). The van der Waals surface area contributed by atoms with Gasteiger partial charge in [-0.15, -0.1) is 11.8 Å². The molecule has 0 aromatic heterocycles. The average Bonchev–Trinajstić information content (AvgIpc) is 2.91. The van der Waals surface area contributed by atoms with Gasteiger partial charge in [0.1, 0.15) is 6.04 Å². The van der Waals surface area contributed by atoms with Gasteiger partial charge in [-0.3, -0.25) is 4.79 Å². The third-order valence-corrected chi connectivity index (χ3v) is 4.15. The number of hydrogen-bond acceptors (Lipinski definition) is 3. The summed E-state index contributed by atoms with van der Waals surface area (Å²) in [6.07, 6.45) is 2.76. The van der Waals surface area contributed by atoms with Gasteiger partial charge in [0.25, 0.3) is 0 Å². The SMILES string of the molecule is CSc1cccc(NC(=O)[C@@H]2Cc3ccccc3N2)c1. The third-order valence-electron chi connectivity index (χ3n) is 3.42. The van der Waals surface area contributed by atoms with E-state index in [2.05, 4.69) is 16.7 Å². The van der Waals surface area contributed by atoms with Gasteiger partial charge in [0.05, 0.1) is 0 Å². The second kappa shape index (κ2) is 5.59. The molecule has 1 aliphatic rings. The van der Waals surface area contributed by atoms with Crippen LogP contribution in [0.5, 0.6) is 0 Å². The molecule has 0 radical (unpaired) electrons. The molecule has 1 aliphatic heterocycles. The Balaban J connectivity index is 1.69. The van der Waals surface area contributed by atoms with Crippen LogP contribution in [0.25, 0.3) is 0 Å². The lowest BCUT2D eigenvalue weighted by molar-refractivity contribution is -0.116. The Morgan fingerprint density at radius 3 is 2.90 bits per heavy atom. The second-order valence-electron chi connectivity index (χ2n) is 4.78. The smallest absolute Gasteiger partial charge is 0.247 e. The quantitative estimate of drug-likeness (QED) is 0.849. The predicted molar refractivity (Wildman–Crippen MR) is 84.4 cm³/mol. The van der Waals surface area contributed by atoms with Crippen molar-refractivity contribution in [2.75, 3.05) is 16.9 Å². The summed E-state index contributed by atoms with van der Waals surface area (Å²) in [5, 5.41) is 6.24. The van der Waals surface area contributed by atoms with Gasteiger partial charge in [-0.25, -0.2) is 0 Å². The Labute approximate surface area is 122 Å². The minimum atomic E-state index is -0.190. The molecule has 0 saturated heterocycles. The standard InChI is InChI=1S/C16H16N2OS/c1-20-13-7-4-6-12(10-13)17-16(19)15-9-11-5-2-3-8-14(11)18-15/h2-8,10,15,18H,9H2,1H3,(H,17,19)/t15-/m0/s1. The fourth-order valence-electron chi connectivity index (χ4n) is 2.39. The van der Waals surface area contributed by atoms with Crippen molar-refractivity contribution in [2.45, 2.75) is 17.4 Å². The lowest BCUT2D eigenvalue weighted by Gasteiger charge is -2.12. The fourth-order valence-corrected chi connectivity index (χ4v) is 2.85. The highest BCUT2D eigenvalue weighted by Gasteiger charge is 2.26. The molecule has 2 aromatic carbocycles. The molecule has 0 fully saturated rings. The van der Waals surface area contributed by atoms with Crippen LogP contribution in [0.4, 0.5) is 11.4 Å². The number of anilines is 2. The fraction of sp³-hybridized carbons (Fsp3) is 0.188. The molecule has 0 aliphatic carbocycles. The number of thioether (sulfide) groups is 1. The zero-order valence-corrected chi connectivity index (χ0v) is 12.0. The lowest BCUT2D eigenvalue weighted by atomic mass is 10.1. The van der Waals surface area contributed by atoms with E-state index in [-0.39, 0.29) is 11.9 Å². The second-order valence-corrected chi connectivity index (χ2v) is 5.66. The summed E-state index contributed by atoms with van der Waals surface area (Å²) >= 11 is 1.67. The van der Waals surface area contributed by atoms with Crippen LogP contribution in [-0.4, -0.2) is 18.2 Å². The predicted octanol–water partition coefficient (Wildman–Crippen LogP) is 3.38. The van der Waals surface area contributed by atoms with Gasteiger partial charge in [-0.1, -0.05) is 24.3 Å². The van der Waals surface area contributed by atoms with Gasteiger partial charge in [0.15, 0.2) is 0 Å². The van der Waals surface area contributed by atoms with E-state index >= 15 is 0 Å².